The van der Waals surface area contributed by atoms with Crippen molar-refractivity contribution < 1.29 is 0 Å². The lowest BCUT2D eigenvalue weighted by Gasteiger charge is -2.31. The Bertz CT molecular complexity index is 258. The van der Waals surface area contributed by atoms with Crippen LogP contribution in [0, 0.1) is 0 Å². The summed E-state index contributed by atoms with van der Waals surface area (Å²) in [6.45, 7) is 9.37. The molecule has 0 spiro atoms. The molecule has 0 aliphatic carbocycles. The van der Waals surface area contributed by atoms with Crippen molar-refractivity contribution in [1.29, 1.82) is 0 Å². The SMILES string of the molecule is CCCP(c1ccccc1)C(C)(C)C. The lowest BCUT2D eigenvalue weighted by molar-refractivity contribution is 0.783. The Morgan fingerprint density at radius 2 is 1.64 bits per heavy atom. The van der Waals surface area contributed by atoms with Crippen molar-refractivity contribution in [3.8, 4) is 0 Å². The first-order valence-electron chi connectivity index (χ1n) is 5.38. The van der Waals surface area contributed by atoms with Gasteiger partial charge in [-0.1, -0.05) is 72.4 Å². The maximum absolute atomic E-state index is 2.36. The first-order chi connectivity index (χ1) is 6.55. The number of benzene rings is 1. The molecule has 0 saturated heterocycles. The van der Waals surface area contributed by atoms with Gasteiger partial charge in [0.2, 0.25) is 0 Å². The molecule has 1 heteroatoms. The molecule has 0 fully saturated rings. The minimum atomic E-state index is 0.00309. The Balaban J connectivity index is 2.89. The van der Waals surface area contributed by atoms with Gasteiger partial charge in [0.1, 0.15) is 0 Å². The molecule has 1 atom stereocenters. The summed E-state index contributed by atoms with van der Waals surface area (Å²) in [6.07, 6.45) is 2.64. The van der Waals surface area contributed by atoms with Crippen LogP contribution in [-0.2, 0) is 0 Å². The normalized spacial score (nSPS) is 14.0. The molecule has 0 amide bonds. The van der Waals surface area contributed by atoms with E-state index >= 15 is 0 Å². The molecule has 0 nitrogen and oxygen atoms in total. The standard InChI is InChI=1S/C13H21P/c1-5-11-14(13(2,3)4)12-9-7-6-8-10-12/h6-10H,5,11H2,1-4H3. The molecule has 0 radical (unpaired) electrons. The molecule has 1 rings (SSSR count). The minimum absolute atomic E-state index is 0.00309. The van der Waals surface area contributed by atoms with E-state index in [0.717, 1.165) is 0 Å². The Hall–Kier alpha value is -0.350. The predicted octanol–water partition coefficient (Wildman–Crippen LogP) is 4.00. The summed E-state index contributed by atoms with van der Waals surface area (Å²) in [4.78, 5) is 0. The van der Waals surface area contributed by atoms with Crippen LogP contribution in [0.1, 0.15) is 34.1 Å². The highest BCUT2D eigenvalue weighted by Crippen LogP contribution is 2.48. The third kappa shape index (κ3) is 3.10. The van der Waals surface area contributed by atoms with Gasteiger partial charge in [-0.2, -0.15) is 0 Å². The highest BCUT2D eigenvalue weighted by Gasteiger charge is 2.24. The van der Waals surface area contributed by atoms with Crippen LogP contribution in [0.4, 0.5) is 0 Å². The van der Waals surface area contributed by atoms with Gasteiger partial charge < -0.3 is 0 Å². The Kier molecular flexibility index (Phi) is 4.13. The number of rotatable bonds is 3. The van der Waals surface area contributed by atoms with Gasteiger partial charge in [0, 0.05) is 0 Å². The summed E-state index contributed by atoms with van der Waals surface area (Å²) in [5.41, 5.74) is 0. The minimum Gasteiger partial charge on any atom is -0.0698 e. The molecule has 0 saturated carbocycles. The smallest absolute Gasteiger partial charge is 0.0139 e. The van der Waals surface area contributed by atoms with Gasteiger partial charge in [0.25, 0.3) is 0 Å². The van der Waals surface area contributed by atoms with E-state index in [1.807, 2.05) is 0 Å². The fraction of sp³-hybridized carbons (Fsp3) is 0.538. The molecule has 0 aliphatic rings. The van der Waals surface area contributed by atoms with E-state index in [1.165, 1.54) is 12.6 Å². The second-order valence-corrected chi connectivity index (χ2v) is 7.82. The highest BCUT2D eigenvalue weighted by molar-refractivity contribution is 7.67. The maximum Gasteiger partial charge on any atom is -0.0139 e. The van der Waals surface area contributed by atoms with E-state index in [-0.39, 0.29) is 7.92 Å². The molecule has 1 aromatic rings. The van der Waals surface area contributed by atoms with Gasteiger partial charge in [0.15, 0.2) is 0 Å². The lowest BCUT2D eigenvalue weighted by Crippen LogP contribution is -2.20. The van der Waals surface area contributed by atoms with Crippen LogP contribution in [0.3, 0.4) is 0 Å². The molecule has 78 valence electrons. The first kappa shape index (κ1) is 11.7. The molecule has 0 bridgehead atoms. The number of hydrogen-bond acceptors (Lipinski definition) is 0. The van der Waals surface area contributed by atoms with Crippen LogP contribution in [0.5, 0.6) is 0 Å². The third-order valence-electron chi connectivity index (χ3n) is 2.32. The summed E-state index contributed by atoms with van der Waals surface area (Å²) in [5.74, 6) is 0. The summed E-state index contributed by atoms with van der Waals surface area (Å²) < 4.78 is 0. The van der Waals surface area contributed by atoms with Crippen molar-refractivity contribution in [2.75, 3.05) is 6.16 Å². The molecule has 14 heavy (non-hydrogen) atoms. The predicted molar refractivity (Wildman–Crippen MR) is 67.9 cm³/mol. The van der Waals surface area contributed by atoms with E-state index in [2.05, 4.69) is 58.0 Å². The van der Waals surface area contributed by atoms with Crippen LogP contribution in [0.15, 0.2) is 30.3 Å². The van der Waals surface area contributed by atoms with Crippen molar-refractivity contribution in [2.45, 2.75) is 39.3 Å². The summed E-state index contributed by atoms with van der Waals surface area (Å²) in [6, 6.07) is 11.0. The molecule has 0 N–H and O–H groups in total. The average Bonchev–Trinajstić information content (AvgIpc) is 2.14. The van der Waals surface area contributed by atoms with Crippen LogP contribution >= 0.6 is 7.92 Å². The van der Waals surface area contributed by atoms with Gasteiger partial charge in [-0.25, -0.2) is 0 Å². The molecular formula is C13H21P. The monoisotopic (exact) mass is 208 g/mol. The van der Waals surface area contributed by atoms with Crippen LogP contribution in [0.2, 0.25) is 0 Å². The van der Waals surface area contributed by atoms with Gasteiger partial charge in [0.05, 0.1) is 0 Å². The highest BCUT2D eigenvalue weighted by atomic mass is 31.1. The fourth-order valence-electron chi connectivity index (χ4n) is 1.68. The maximum atomic E-state index is 2.36. The zero-order chi connectivity index (χ0) is 10.6. The summed E-state index contributed by atoms with van der Waals surface area (Å²) >= 11 is 0. The van der Waals surface area contributed by atoms with E-state index in [1.54, 1.807) is 5.30 Å². The van der Waals surface area contributed by atoms with Gasteiger partial charge in [-0.05, 0) is 16.6 Å². The topological polar surface area (TPSA) is 0 Å². The van der Waals surface area contributed by atoms with Crippen LogP contribution in [0.25, 0.3) is 0 Å². The molecule has 1 unspecified atom stereocenters. The fourth-order valence-corrected chi connectivity index (χ4v) is 4.37. The lowest BCUT2D eigenvalue weighted by atomic mass is 10.3. The second kappa shape index (κ2) is 4.94. The molecule has 0 heterocycles. The van der Waals surface area contributed by atoms with Crippen molar-refractivity contribution in [3.63, 3.8) is 0 Å². The molecule has 0 aromatic heterocycles. The largest absolute Gasteiger partial charge is 0.0698 e. The van der Waals surface area contributed by atoms with E-state index < -0.39 is 0 Å². The first-order valence-corrected chi connectivity index (χ1v) is 6.91. The summed E-state index contributed by atoms with van der Waals surface area (Å²) in [5, 5.41) is 1.99. The molecular weight excluding hydrogens is 187 g/mol. The average molecular weight is 208 g/mol. The van der Waals surface area contributed by atoms with Crippen molar-refractivity contribution in [2.24, 2.45) is 0 Å². The zero-order valence-corrected chi connectivity index (χ0v) is 10.6. The van der Waals surface area contributed by atoms with Crippen LogP contribution < -0.4 is 5.30 Å². The molecule has 0 aliphatic heterocycles. The Labute approximate surface area is 89.5 Å². The van der Waals surface area contributed by atoms with Crippen molar-refractivity contribution in [1.82, 2.24) is 0 Å². The Morgan fingerprint density at radius 3 is 2.07 bits per heavy atom. The summed E-state index contributed by atoms with van der Waals surface area (Å²) in [7, 11) is 0.00309. The quantitative estimate of drug-likeness (QED) is 0.658. The van der Waals surface area contributed by atoms with Gasteiger partial charge in [-0.3, -0.25) is 0 Å². The van der Waals surface area contributed by atoms with Gasteiger partial charge >= 0.3 is 0 Å². The third-order valence-corrected chi connectivity index (χ3v) is 5.76. The number of hydrogen-bond donors (Lipinski definition) is 0. The van der Waals surface area contributed by atoms with Crippen LogP contribution in [-0.4, -0.2) is 11.3 Å². The van der Waals surface area contributed by atoms with Crippen molar-refractivity contribution in [3.05, 3.63) is 30.3 Å². The second-order valence-electron chi connectivity index (χ2n) is 4.66. The molecule has 1 aromatic carbocycles. The van der Waals surface area contributed by atoms with E-state index in [9.17, 15) is 0 Å². The van der Waals surface area contributed by atoms with Gasteiger partial charge in [-0.15, -0.1) is 0 Å². The Morgan fingerprint density at radius 1 is 1.07 bits per heavy atom. The zero-order valence-electron chi connectivity index (χ0n) is 9.75. The van der Waals surface area contributed by atoms with E-state index in [4.69, 9.17) is 0 Å². The van der Waals surface area contributed by atoms with E-state index in [0.29, 0.717) is 5.16 Å². The van der Waals surface area contributed by atoms with Crippen molar-refractivity contribution >= 4 is 13.2 Å².